The average Bonchev–Trinajstić information content (AvgIpc) is 2.99. The van der Waals surface area contributed by atoms with Crippen molar-refractivity contribution >= 4 is 11.8 Å². The monoisotopic (exact) mass is 222 g/mol. The van der Waals surface area contributed by atoms with E-state index < -0.39 is 0 Å². The van der Waals surface area contributed by atoms with Gasteiger partial charge in [-0.25, -0.2) is 0 Å². The van der Waals surface area contributed by atoms with Gasteiger partial charge < -0.3 is 15.1 Å². The van der Waals surface area contributed by atoms with E-state index in [1.807, 2.05) is 0 Å². The molecular formula is C11H14N2O3. The summed E-state index contributed by atoms with van der Waals surface area (Å²) in [6.07, 6.45) is 4.82. The Labute approximate surface area is 93.2 Å². The van der Waals surface area contributed by atoms with Gasteiger partial charge >= 0.3 is 0 Å². The minimum Gasteiger partial charge on any atom is -0.472 e. The van der Waals surface area contributed by atoms with Crippen LogP contribution in [0.1, 0.15) is 23.2 Å². The summed E-state index contributed by atoms with van der Waals surface area (Å²) in [5, 5.41) is 5.45. The zero-order valence-electron chi connectivity index (χ0n) is 8.86. The third kappa shape index (κ3) is 2.85. The molecule has 0 atom stereocenters. The van der Waals surface area contributed by atoms with Crippen molar-refractivity contribution in [1.29, 1.82) is 0 Å². The molecule has 5 nitrogen and oxygen atoms in total. The normalized spacial score (nSPS) is 14.5. The Kier molecular flexibility index (Phi) is 3.24. The second kappa shape index (κ2) is 4.83. The molecule has 1 fully saturated rings. The van der Waals surface area contributed by atoms with Crippen LogP contribution in [0.4, 0.5) is 0 Å². The van der Waals surface area contributed by atoms with E-state index in [2.05, 4.69) is 10.6 Å². The minimum absolute atomic E-state index is 0.0950. The van der Waals surface area contributed by atoms with Crippen molar-refractivity contribution in [3.05, 3.63) is 24.2 Å². The number of nitrogens with one attached hydrogen (secondary N) is 2. The van der Waals surface area contributed by atoms with Crippen LogP contribution < -0.4 is 10.6 Å². The Morgan fingerprint density at radius 1 is 1.31 bits per heavy atom. The highest BCUT2D eigenvalue weighted by Gasteiger charge is 2.28. The highest BCUT2D eigenvalue weighted by atomic mass is 16.3. The number of hydrogen-bond donors (Lipinski definition) is 2. The van der Waals surface area contributed by atoms with Crippen molar-refractivity contribution < 1.29 is 14.0 Å². The fraction of sp³-hybridized carbons (Fsp3) is 0.455. The summed E-state index contributed by atoms with van der Waals surface area (Å²) in [4.78, 5) is 22.7. The summed E-state index contributed by atoms with van der Waals surface area (Å²) < 4.78 is 4.79. The number of carbonyl (C=O) groups excluding carboxylic acids is 2. The summed E-state index contributed by atoms with van der Waals surface area (Å²) in [5.41, 5.74) is 0.494. The van der Waals surface area contributed by atoms with Gasteiger partial charge in [0, 0.05) is 19.0 Å². The van der Waals surface area contributed by atoms with Gasteiger partial charge in [-0.3, -0.25) is 9.59 Å². The molecule has 5 heteroatoms. The second-order valence-corrected chi connectivity index (χ2v) is 3.83. The van der Waals surface area contributed by atoms with Crippen molar-refractivity contribution in [1.82, 2.24) is 10.6 Å². The van der Waals surface area contributed by atoms with Gasteiger partial charge in [0.1, 0.15) is 6.26 Å². The Morgan fingerprint density at radius 2 is 2.06 bits per heavy atom. The molecule has 0 unspecified atom stereocenters. The van der Waals surface area contributed by atoms with Gasteiger partial charge in [0.25, 0.3) is 5.91 Å². The molecule has 86 valence electrons. The highest BCUT2D eigenvalue weighted by Crippen LogP contribution is 2.28. The Hall–Kier alpha value is -1.78. The van der Waals surface area contributed by atoms with E-state index in [1.54, 1.807) is 6.07 Å². The van der Waals surface area contributed by atoms with Crippen LogP contribution in [0.2, 0.25) is 0 Å². The summed E-state index contributed by atoms with van der Waals surface area (Å²) in [5.74, 6) is 0.122. The molecule has 0 spiro atoms. The van der Waals surface area contributed by atoms with Crippen LogP contribution in [0.3, 0.4) is 0 Å². The smallest absolute Gasteiger partial charge is 0.254 e. The lowest BCUT2D eigenvalue weighted by molar-refractivity contribution is -0.122. The van der Waals surface area contributed by atoms with Crippen LogP contribution in [0.15, 0.2) is 23.0 Å². The fourth-order valence-electron chi connectivity index (χ4n) is 1.35. The number of amides is 2. The maximum Gasteiger partial charge on any atom is 0.254 e. The van der Waals surface area contributed by atoms with Crippen molar-refractivity contribution in [2.75, 3.05) is 13.1 Å². The van der Waals surface area contributed by atoms with Crippen LogP contribution in [0.25, 0.3) is 0 Å². The van der Waals surface area contributed by atoms with Crippen molar-refractivity contribution in [2.24, 2.45) is 5.92 Å². The maximum absolute atomic E-state index is 11.4. The molecule has 16 heavy (non-hydrogen) atoms. The molecule has 2 rings (SSSR count). The third-order valence-electron chi connectivity index (χ3n) is 2.44. The first-order valence-corrected chi connectivity index (χ1v) is 5.35. The fourth-order valence-corrected chi connectivity index (χ4v) is 1.35. The zero-order valence-corrected chi connectivity index (χ0v) is 8.86. The summed E-state index contributed by atoms with van der Waals surface area (Å²) in [6, 6.07) is 1.60. The van der Waals surface area contributed by atoms with Crippen LogP contribution in [0, 0.1) is 5.92 Å². The molecule has 1 heterocycles. The first-order valence-electron chi connectivity index (χ1n) is 5.35. The van der Waals surface area contributed by atoms with Crippen molar-refractivity contribution in [3.63, 3.8) is 0 Å². The highest BCUT2D eigenvalue weighted by molar-refractivity contribution is 5.93. The molecule has 2 amide bonds. The Balaban J connectivity index is 1.60. The molecule has 1 aliphatic carbocycles. The van der Waals surface area contributed by atoms with E-state index in [0.717, 1.165) is 12.8 Å². The van der Waals surface area contributed by atoms with Gasteiger partial charge in [-0.05, 0) is 18.9 Å². The van der Waals surface area contributed by atoms with Gasteiger partial charge in [0.15, 0.2) is 0 Å². The van der Waals surface area contributed by atoms with Gasteiger partial charge in [-0.15, -0.1) is 0 Å². The first kappa shape index (κ1) is 10.7. The molecule has 1 saturated carbocycles. The molecule has 1 aliphatic rings. The van der Waals surface area contributed by atoms with E-state index in [9.17, 15) is 9.59 Å². The lowest BCUT2D eigenvalue weighted by Gasteiger charge is -2.05. The third-order valence-corrected chi connectivity index (χ3v) is 2.44. The zero-order chi connectivity index (χ0) is 11.4. The van der Waals surface area contributed by atoms with Crippen LogP contribution in [0.5, 0.6) is 0 Å². The molecule has 0 aromatic carbocycles. The predicted molar refractivity (Wildman–Crippen MR) is 56.8 cm³/mol. The molecule has 1 aromatic rings. The van der Waals surface area contributed by atoms with Gasteiger partial charge in [-0.2, -0.15) is 0 Å². The molecule has 0 aliphatic heterocycles. The van der Waals surface area contributed by atoms with E-state index in [-0.39, 0.29) is 17.7 Å². The predicted octanol–water partition coefficient (Wildman–Crippen LogP) is 0.536. The summed E-state index contributed by atoms with van der Waals surface area (Å²) >= 11 is 0. The number of hydrogen-bond acceptors (Lipinski definition) is 3. The van der Waals surface area contributed by atoms with E-state index >= 15 is 0 Å². The number of furan rings is 1. The largest absolute Gasteiger partial charge is 0.472 e. The Morgan fingerprint density at radius 3 is 2.69 bits per heavy atom. The molecule has 0 bridgehead atoms. The standard InChI is InChI=1S/C11H14N2O3/c14-10(8-1-2-8)12-4-5-13-11(15)9-3-6-16-7-9/h3,6-8H,1-2,4-5H2,(H,12,14)(H,13,15). The summed E-state index contributed by atoms with van der Waals surface area (Å²) in [7, 11) is 0. The molecular weight excluding hydrogens is 208 g/mol. The number of rotatable bonds is 5. The molecule has 0 saturated heterocycles. The van der Waals surface area contributed by atoms with E-state index in [0.29, 0.717) is 18.7 Å². The quantitative estimate of drug-likeness (QED) is 0.714. The van der Waals surface area contributed by atoms with Crippen LogP contribution >= 0.6 is 0 Å². The molecule has 2 N–H and O–H groups in total. The van der Waals surface area contributed by atoms with Crippen molar-refractivity contribution in [2.45, 2.75) is 12.8 Å². The van der Waals surface area contributed by atoms with Crippen LogP contribution in [-0.2, 0) is 4.79 Å². The van der Waals surface area contributed by atoms with Gasteiger partial charge in [0.05, 0.1) is 11.8 Å². The lowest BCUT2D eigenvalue weighted by Crippen LogP contribution is -2.35. The van der Waals surface area contributed by atoms with Crippen molar-refractivity contribution in [3.8, 4) is 0 Å². The van der Waals surface area contributed by atoms with Gasteiger partial charge in [-0.1, -0.05) is 0 Å². The topological polar surface area (TPSA) is 71.3 Å². The molecule has 1 aromatic heterocycles. The second-order valence-electron chi connectivity index (χ2n) is 3.83. The maximum atomic E-state index is 11.4. The first-order chi connectivity index (χ1) is 7.77. The SMILES string of the molecule is O=C(NCCNC(=O)C1CC1)c1ccoc1. The molecule has 0 radical (unpaired) electrons. The van der Waals surface area contributed by atoms with E-state index in [4.69, 9.17) is 4.42 Å². The average molecular weight is 222 g/mol. The Bertz CT molecular complexity index is 369. The number of carbonyl (C=O) groups is 2. The van der Waals surface area contributed by atoms with E-state index in [1.165, 1.54) is 12.5 Å². The van der Waals surface area contributed by atoms with Gasteiger partial charge in [0.2, 0.25) is 5.91 Å². The minimum atomic E-state index is -0.186. The summed E-state index contributed by atoms with van der Waals surface area (Å²) in [6.45, 7) is 0.904. The lowest BCUT2D eigenvalue weighted by atomic mass is 10.3. The van der Waals surface area contributed by atoms with Crippen LogP contribution in [-0.4, -0.2) is 24.9 Å².